The topological polar surface area (TPSA) is 83.1 Å². The van der Waals surface area contributed by atoms with Crippen LogP contribution >= 0.6 is 0 Å². The highest BCUT2D eigenvalue weighted by molar-refractivity contribution is 7.88. The van der Waals surface area contributed by atoms with Crippen LogP contribution in [0.25, 0.3) is 0 Å². The van der Waals surface area contributed by atoms with Gasteiger partial charge in [0.1, 0.15) is 11.6 Å². The number of benzene rings is 1. The van der Waals surface area contributed by atoms with Gasteiger partial charge in [0.2, 0.25) is 15.9 Å². The number of hydrogen-bond acceptors (Lipinski definition) is 6. The standard InChI is InChI=1S/C22H28N4O4S/c1-31(28,29)25-11-8-18-15-20(7-6-19(18)16-25)30-14-4-10-24-12-13-26(22(27)17-24)21-5-2-3-9-23-21/h2-3,5-7,9,15H,4,8,10-14,16-17H2,1H3. The third kappa shape index (κ3) is 5.41. The molecule has 1 saturated heterocycles. The van der Waals surface area contributed by atoms with Crippen molar-refractivity contribution in [1.82, 2.24) is 14.2 Å². The van der Waals surface area contributed by atoms with Crippen molar-refractivity contribution in [3.05, 3.63) is 53.7 Å². The molecule has 0 radical (unpaired) electrons. The molecule has 9 heteroatoms. The summed E-state index contributed by atoms with van der Waals surface area (Å²) in [6.45, 7) is 4.16. The summed E-state index contributed by atoms with van der Waals surface area (Å²) in [4.78, 5) is 20.6. The van der Waals surface area contributed by atoms with Gasteiger partial charge in [0.25, 0.3) is 0 Å². The minimum absolute atomic E-state index is 0.0729. The van der Waals surface area contributed by atoms with Crippen molar-refractivity contribution >= 4 is 21.7 Å². The number of carbonyl (C=O) groups is 1. The third-order valence-corrected chi connectivity index (χ3v) is 6.99. The van der Waals surface area contributed by atoms with Crippen molar-refractivity contribution in [3.8, 4) is 5.75 Å². The number of hydrogen-bond donors (Lipinski definition) is 0. The van der Waals surface area contributed by atoms with E-state index in [2.05, 4.69) is 9.88 Å². The number of carbonyl (C=O) groups excluding carboxylic acids is 1. The van der Waals surface area contributed by atoms with Gasteiger partial charge in [-0.3, -0.25) is 14.6 Å². The Bertz CT molecular complexity index is 1030. The second-order valence-corrected chi connectivity index (χ2v) is 9.97. The number of sulfonamides is 1. The second kappa shape index (κ2) is 9.33. The van der Waals surface area contributed by atoms with Gasteiger partial charge in [0.15, 0.2) is 0 Å². The Morgan fingerprint density at radius 1 is 1.06 bits per heavy atom. The fraction of sp³-hybridized carbons (Fsp3) is 0.455. The predicted molar refractivity (Wildman–Crippen MR) is 119 cm³/mol. The first-order valence-corrected chi connectivity index (χ1v) is 12.4. The molecule has 0 unspecified atom stereocenters. The fourth-order valence-electron chi connectivity index (χ4n) is 4.02. The first kappa shape index (κ1) is 21.7. The van der Waals surface area contributed by atoms with Crippen LogP contribution in [0.4, 0.5) is 5.82 Å². The molecule has 4 rings (SSSR count). The van der Waals surface area contributed by atoms with E-state index in [0.717, 1.165) is 36.4 Å². The van der Waals surface area contributed by atoms with Crippen LogP contribution in [0.1, 0.15) is 17.5 Å². The van der Waals surface area contributed by atoms with E-state index >= 15 is 0 Å². The lowest BCUT2D eigenvalue weighted by Gasteiger charge is -2.33. The first-order valence-electron chi connectivity index (χ1n) is 10.5. The van der Waals surface area contributed by atoms with Crippen LogP contribution in [-0.2, 0) is 27.8 Å². The number of aromatic nitrogens is 1. The van der Waals surface area contributed by atoms with Crippen molar-refractivity contribution in [3.63, 3.8) is 0 Å². The molecule has 0 N–H and O–H groups in total. The molecular weight excluding hydrogens is 416 g/mol. The number of nitrogens with zero attached hydrogens (tertiary/aromatic N) is 4. The Hall–Kier alpha value is -2.49. The maximum atomic E-state index is 12.5. The average molecular weight is 445 g/mol. The zero-order valence-corrected chi connectivity index (χ0v) is 18.6. The SMILES string of the molecule is CS(=O)(=O)N1CCc2cc(OCCCN3CCN(c4ccccn4)C(=O)C3)ccc2C1. The number of piperazine rings is 1. The summed E-state index contributed by atoms with van der Waals surface area (Å²) in [6.07, 6.45) is 4.48. The molecule has 1 aromatic carbocycles. The maximum Gasteiger partial charge on any atom is 0.242 e. The van der Waals surface area contributed by atoms with E-state index in [1.165, 1.54) is 10.6 Å². The smallest absolute Gasteiger partial charge is 0.242 e. The summed E-state index contributed by atoms with van der Waals surface area (Å²) in [6, 6.07) is 11.5. The molecule has 2 aliphatic heterocycles. The molecule has 1 amide bonds. The quantitative estimate of drug-likeness (QED) is 0.602. The number of pyridine rings is 1. The zero-order chi connectivity index (χ0) is 21.8. The molecule has 0 spiro atoms. The summed E-state index contributed by atoms with van der Waals surface area (Å²) in [5, 5.41) is 0. The Morgan fingerprint density at radius 2 is 1.94 bits per heavy atom. The molecule has 1 aromatic heterocycles. The molecule has 0 bridgehead atoms. The van der Waals surface area contributed by atoms with Crippen LogP contribution in [0.2, 0.25) is 0 Å². The lowest BCUT2D eigenvalue weighted by molar-refractivity contribution is -0.121. The zero-order valence-electron chi connectivity index (χ0n) is 17.7. The van der Waals surface area contributed by atoms with E-state index in [1.54, 1.807) is 11.1 Å². The van der Waals surface area contributed by atoms with E-state index < -0.39 is 10.0 Å². The highest BCUT2D eigenvalue weighted by Gasteiger charge is 2.25. The van der Waals surface area contributed by atoms with Crippen LogP contribution in [0, 0.1) is 0 Å². The van der Waals surface area contributed by atoms with Crippen LogP contribution in [0.3, 0.4) is 0 Å². The lowest BCUT2D eigenvalue weighted by atomic mass is 10.0. The summed E-state index contributed by atoms with van der Waals surface area (Å²) >= 11 is 0. The average Bonchev–Trinajstić information content (AvgIpc) is 2.76. The molecule has 31 heavy (non-hydrogen) atoms. The third-order valence-electron chi connectivity index (χ3n) is 5.74. The van der Waals surface area contributed by atoms with Gasteiger partial charge in [-0.25, -0.2) is 13.4 Å². The normalized spacial score (nSPS) is 18.1. The Balaban J connectivity index is 1.22. The molecule has 3 heterocycles. The minimum Gasteiger partial charge on any atom is -0.494 e. The molecule has 8 nitrogen and oxygen atoms in total. The predicted octanol–water partition coefficient (Wildman–Crippen LogP) is 1.52. The summed E-state index contributed by atoms with van der Waals surface area (Å²) in [7, 11) is -3.16. The number of amides is 1. The van der Waals surface area contributed by atoms with Crippen LogP contribution < -0.4 is 9.64 Å². The van der Waals surface area contributed by atoms with Gasteiger partial charge in [-0.2, -0.15) is 4.31 Å². The van der Waals surface area contributed by atoms with E-state index in [4.69, 9.17) is 4.74 Å². The fourth-order valence-corrected chi connectivity index (χ4v) is 4.82. The summed E-state index contributed by atoms with van der Waals surface area (Å²) in [5.41, 5.74) is 2.18. The van der Waals surface area contributed by atoms with E-state index in [1.807, 2.05) is 36.4 Å². The largest absolute Gasteiger partial charge is 0.494 e. The van der Waals surface area contributed by atoms with Gasteiger partial charge in [-0.05, 0) is 48.2 Å². The van der Waals surface area contributed by atoms with Gasteiger partial charge in [-0.1, -0.05) is 12.1 Å². The van der Waals surface area contributed by atoms with Crippen LogP contribution in [0.15, 0.2) is 42.6 Å². The Labute approximate surface area is 183 Å². The number of rotatable bonds is 7. The van der Waals surface area contributed by atoms with Crippen molar-refractivity contribution in [1.29, 1.82) is 0 Å². The summed E-state index contributed by atoms with van der Waals surface area (Å²) in [5.74, 6) is 1.59. The molecule has 0 aliphatic carbocycles. The first-order chi connectivity index (χ1) is 14.9. The molecular formula is C22H28N4O4S. The lowest BCUT2D eigenvalue weighted by Crippen LogP contribution is -2.51. The highest BCUT2D eigenvalue weighted by atomic mass is 32.2. The number of anilines is 1. The molecule has 2 aromatic rings. The van der Waals surface area contributed by atoms with Crippen molar-refractivity contribution in [2.24, 2.45) is 0 Å². The van der Waals surface area contributed by atoms with E-state index in [0.29, 0.717) is 45.0 Å². The monoisotopic (exact) mass is 444 g/mol. The van der Waals surface area contributed by atoms with Crippen molar-refractivity contribution in [2.75, 3.05) is 50.5 Å². The van der Waals surface area contributed by atoms with Gasteiger partial charge < -0.3 is 4.74 Å². The number of ether oxygens (including phenoxy) is 1. The van der Waals surface area contributed by atoms with Gasteiger partial charge >= 0.3 is 0 Å². The van der Waals surface area contributed by atoms with Crippen LogP contribution in [0.5, 0.6) is 5.75 Å². The molecule has 2 aliphatic rings. The molecule has 166 valence electrons. The highest BCUT2D eigenvalue weighted by Crippen LogP contribution is 2.25. The van der Waals surface area contributed by atoms with E-state index in [-0.39, 0.29) is 5.91 Å². The van der Waals surface area contributed by atoms with Crippen LogP contribution in [-0.4, -0.2) is 74.1 Å². The van der Waals surface area contributed by atoms with Crippen molar-refractivity contribution < 1.29 is 17.9 Å². The summed E-state index contributed by atoms with van der Waals surface area (Å²) < 4.78 is 30.9. The molecule has 1 fully saturated rings. The maximum absolute atomic E-state index is 12.5. The Morgan fingerprint density at radius 3 is 2.68 bits per heavy atom. The van der Waals surface area contributed by atoms with Crippen molar-refractivity contribution in [2.45, 2.75) is 19.4 Å². The minimum atomic E-state index is -3.16. The van der Waals surface area contributed by atoms with Gasteiger partial charge in [-0.15, -0.1) is 0 Å². The van der Waals surface area contributed by atoms with Gasteiger partial charge in [0.05, 0.1) is 19.4 Å². The molecule has 0 saturated carbocycles. The molecule has 0 atom stereocenters. The second-order valence-electron chi connectivity index (χ2n) is 7.99. The number of fused-ring (bicyclic) bond motifs is 1. The van der Waals surface area contributed by atoms with E-state index in [9.17, 15) is 13.2 Å². The van der Waals surface area contributed by atoms with Gasteiger partial charge in [0, 0.05) is 38.9 Å². The Kier molecular flexibility index (Phi) is 6.54.